The van der Waals surface area contributed by atoms with Gasteiger partial charge in [0.25, 0.3) is 0 Å². The Bertz CT molecular complexity index is 548. The lowest BCUT2D eigenvalue weighted by atomic mass is 9.97. The van der Waals surface area contributed by atoms with Crippen LogP contribution in [-0.2, 0) is 4.74 Å². The lowest BCUT2D eigenvalue weighted by molar-refractivity contribution is 0.0565. The van der Waals surface area contributed by atoms with Gasteiger partial charge < -0.3 is 10.1 Å². The van der Waals surface area contributed by atoms with Crippen molar-refractivity contribution in [3.05, 3.63) is 23.9 Å². The molecule has 5 nitrogen and oxygen atoms in total. The Labute approximate surface area is 145 Å². The van der Waals surface area contributed by atoms with Gasteiger partial charge in [-0.3, -0.25) is 4.90 Å². The van der Waals surface area contributed by atoms with E-state index < -0.39 is 5.60 Å². The summed E-state index contributed by atoms with van der Waals surface area (Å²) in [4.78, 5) is 19.1. The number of piperidine rings is 1. The first-order chi connectivity index (χ1) is 11.3. The van der Waals surface area contributed by atoms with Gasteiger partial charge in [-0.05, 0) is 59.6 Å². The molecule has 1 aliphatic heterocycles. The van der Waals surface area contributed by atoms with E-state index in [4.69, 9.17) is 4.74 Å². The van der Waals surface area contributed by atoms with Crippen LogP contribution in [0.15, 0.2) is 18.3 Å². The molecule has 2 unspecified atom stereocenters. The topological polar surface area (TPSA) is 54.5 Å². The molecular weight excluding hydrogens is 302 g/mol. The standard InChI is InChI=1S/C19H31N3O2/c1-6-14(2)22(18(23)24-19(3,4)5)17-15(10-9-13-21-17)16-11-7-8-12-20-16/h9-10,13-14,16,20H,6-8,11-12H2,1-5H3. The Hall–Kier alpha value is -1.62. The van der Waals surface area contributed by atoms with Crippen LogP contribution in [0.2, 0.25) is 0 Å². The Kier molecular flexibility index (Phi) is 6.21. The largest absolute Gasteiger partial charge is 0.443 e. The number of carbonyl (C=O) groups excluding carboxylic acids is 1. The molecule has 2 atom stereocenters. The molecule has 0 spiro atoms. The normalized spacial score (nSPS) is 19.6. The van der Waals surface area contributed by atoms with Crippen molar-refractivity contribution in [2.24, 2.45) is 0 Å². The van der Waals surface area contributed by atoms with E-state index in [1.807, 2.05) is 33.8 Å². The molecule has 5 heteroatoms. The molecule has 1 aromatic rings. The van der Waals surface area contributed by atoms with Crippen molar-refractivity contribution in [1.82, 2.24) is 10.3 Å². The summed E-state index contributed by atoms with van der Waals surface area (Å²) in [7, 11) is 0. The molecule has 1 fully saturated rings. The fraction of sp³-hybridized carbons (Fsp3) is 0.684. The van der Waals surface area contributed by atoms with Gasteiger partial charge in [-0.1, -0.05) is 19.4 Å². The van der Waals surface area contributed by atoms with Crippen molar-refractivity contribution in [3.8, 4) is 0 Å². The van der Waals surface area contributed by atoms with Gasteiger partial charge in [0.1, 0.15) is 11.4 Å². The van der Waals surface area contributed by atoms with Gasteiger partial charge in [0.05, 0.1) is 0 Å². The molecule has 0 aliphatic carbocycles. The van der Waals surface area contributed by atoms with Crippen molar-refractivity contribution in [3.63, 3.8) is 0 Å². The van der Waals surface area contributed by atoms with Gasteiger partial charge in [0, 0.05) is 23.8 Å². The second-order valence-electron chi connectivity index (χ2n) is 7.53. The molecule has 1 aliphatic rings. The first kappa shape index (κ1) is 18.7. The molecule has 1 N–H and O–H groups in total. The van der Waals surface area contributed by atoms with Crippen LogP contribution < -0.4 is 10.2 Å². The summed E-state index contributed by atoms with van der Waals surface area (Å²) in [5, 5.41) is 3.56. The molecule has 1 saturated heterocycles. The summed E-state index contributed by atoms with van der Waals surface area (Å²) in [6.07, 6.45) is 5.73. The molecule has 0 radical (unpaired) electrons. The number of hydrogen-bond donors (Lipinski definition) is 1. The van der Waals surface area contributed by atoms with Crippen LogP contribution in [0.3, 0.4) is 0 Å². The van der Waals surface area contributed by atoms with Gasteiger partial charge >= 0.3 is 6.09 Å². The highest BCUT2D eigenvalue weighted by Gasteiger charge is 2.31. The summed E-state index contributed by atoms with van der Waals surface area (Å²) >= 11 is 0. The number of carbonyl (C=O) groups is 1. The maximum Gasteiger partial charge on any atom is 0.416 e. The minimum atomic E-state index is -0.527. The second kappa shape index (κ2) is 7.97. The second-order valence-corrected chi connectivity index (χ2v) is 7.53. The fourth-order valence-electron chi connectivity index (χ4n) is 2.97. The van der Waals surface area contributed by atoms with Crippen molar-refractivity contribution >= 4 is 11.9 Å². The molecular formula is C19H31N3O2. The van der Waals surface area contributed by atoms with Crippen LogP contribution in [0.5, 0.6) is 0 Å². The molecule has 1 amide bonds. The number of ether oxygens (including phenoxy) is 1. The molecule has 2 rings (SSSR count). The Balaban J connectivity index is 2.37. The first-order valence-electron chi connectivity index (χ1n) is 9.04. The molecule has 1 aromatic heterocycles. The lowest BCUT2D eigenvalue weighted by Crippen LogP contribution is -2.43. The first-order valence-corrected chi connectivity index (χ1v) is 9.04. The van der Waals surface area contributed by atoms with Gasteiger partial charge in [0.2, 0.25) is 0 Å². The molecule has 0 aromatic carbocycles. The van der Waals surface area contributed by atoms with Gasteiger partial charge in [-0.25, -0.2) is 9.78 Å². The number of nitrogens with zero attached hydrogens (tertiary/aromatic N) is 2. The van der Waals surface area contributed by atoms with Crippen molar-refractivity contribution < 1.29 is 9.53 Å². The Morgan fingerprint density at radius 1 is 1.46 bits per heavy atom. The maximum absolute atomic E-state index is 12.8. The van der Waals surface area contributed by atoms with Crippen molar-refractivity contribution in [2.45, 2.75) is 78.0 Å². The minimum absolute atomic E-state index is 0.0251. The number of aromatic nitrogens is 1. The van der Waals surface area contributed by atoms with Crippen LogP contribution in [0.25, 0.3) is 0 Å². The third-order valence-electron chi connectivity index (χ3n) is 4.35. The quantitative estimate of drug-likeness (QED) is 0.885. The highest BCUT2D eigenvalue weighted by molar-refractivity contribution is 5.88. The number of nitrogens with one attached hydrogen (secondary N) is 1. The summed E-state index contributed by atoms with van der Waals surface area (Å²) in [6, 6.07) is 4.29. The monoisotopic (exact) mass is 333 g/mol. The van der Waals surface area contributed by atoms with E-state index in [-0.39, 0.29) is 18.2 Å². The summed E-state index contributed by atoms with van der Waals surface area (Å²) in [6.45, 7) is 10.8. The molecule has 0 bridgehead atoms. The number of rotatable bonds is 4. The highest BCUT2D eigenvalue weighted by atomic mass is 16.6. The predicted molar refractivity (Wildman–Crippen MR) is 97.3 cm³/mol. The molecule has 0 saturated carbocycles. The number of hydrogen-bond acceptors (Lipinski definition) is 4. The van der Waals surface area contributed by atoms with E-state index in [0.717, 1.165) is 30.8 Å². The summed E-state index contributed by atoms with van der Waals surface area (Å²) < 4.78 is 5.65. The van der Waals surface area contributed by atoms with Crippen molar-refractivity contribution in [2.75, 3.05) is 11.4 Å². The smallest absolute Gasteiger partial charge is 0.416 e. The van der Waals surface area contributed by atoms with E-state index in [2.05, 4.69) is 23.3 Å². The van der Waals surface area contributed by atoms with E-state index >= 15 is 0 Å². The molecule has 2 heterocycles. The SMILES string of the molecule is CCC(C)N(C(=O)OC(C)(C)C)c1ncccc1C1CCCCN1. The van der Waals surface area contributed by atoms with E-state index in [1.165, 1.54) is 12.8 Å². The number of amides is 1. The molecule has 24 heavy (non-hydrogen) atoms. The van der Waals surface area contributed by atoms with E-state index in [9.17, 15) is 4.79 Å². The van der Waals surface area contributed by atoms with Crippen LogP contribution in [0, 0.1) is 0 Å². The zero-order valence-electron chi connectivity index (χ0n) is 15.6. The van der Waals surface area contributed by atoms with Crippen molar-refractivity contribution in [1.29, 1.82) is 0 Å². The van der Waals surface area contributed by atoms with E-state index in [0.29, 0.717) is 0 Å². The Morgan fingerprint density at radius 2 is 2.21 bits per heavy atom. The maximum atomic E-state index is 12.8. The predicted octanol–water partition coefficient (Wildman–Crippen LogP) is 4.44. The average Bonchev–Trinajstić information content (AvgIpc) is 2.54. The minimum Gasteiger partial charge on any atom is -0.443 e. The zero-order chi connectivity index (χ0) is 17.7. The summed E-state index contributed by atoms with van der Waals surface area (Å²) in [5.41, 5.74) is 0.559. The average molecular weight is 333 g/mol. The third kappa shape index (κ3) is 4.69. The van der Waals surface area contributed by atoms with Gasteiger partial charge in [-0.2, -0.15) is 0 Å². The van der Waals surface area contributed by atoms with Crippen LogP contribution in [-0.4, -0.2) is 29.3 Å². The van der Waals surface area contributed by atoms with Gasteiger partial charge in [-0.15, -0.1) is 0 Å². The van der Waals surface area contributed by atoms with Crippen LogP contribution in [0.1, 0.15) is 71.9 Å². The summed E-state index contributed by atoms with van der Waals surface area (Å²) in [5.74, 6) is 0.723. The molecule has 134 valence electrons. The van der Waals surface area contributed by atoms with Crippen LogP contribution >= 0.6 is 0 Å². The fourth-order valence-corrected chi connectivity index (χ4v) is 2.97. The van der Waals surface area contributed by atoms with Crippen LogP contribution in [0.4, 0.5) is 10.6 Å². The lowest BCUT2D eigenvalue weighted by Gasteiger charge is -2.33. The highest BCUT2D eigenvalue weighted by Crippen LogP contribution is 2.31. The zero-order valence-corrected chi connectivity index (χ0v) is 15.6. The third-order valence-corrected chi connectivity index (χ3v) is 4.35. The number of anilines is 1. The Morgan fingerprint density at radius 3 is 2.79 bits per heavy atom. The van der Waals surface area contributed by atoms with E-state index in [1.54, 1.807) is 11.1 Å². The van der Waals surface area contributed by atoms with Gasteiger partial charge in [0.15, 0.2) is 0 Å². The number of pyridine rings is 1.